The Bertz CT molecular complexity index is 481. The first-order valence-electron chi connectivity index (χ1n) is 4.87. The summed E-state index contributed by atoms with van der Waals surface area (Å²) in [6.07, 6.45) is 0. The zero-order valence-electron chi connectivity index (χ0n) is 9.57. The van der Waals surface area contributed by atoms with E-state index in [0.717, 1.165) is 5.56 Å². The molecule has 0 aliphatic heterocycles. The second-order valence-electron chi connectivity index (χ2n) is 4.53. The van der Waals surface area contributed by atoms with E-state index in [1.807, 2.05) is 0 Å². The van der Waals surface area contributed by atoms with Gasteiger partial charge in [-0.25, -0.2) is 0 Å². The fourth-order valence-corrected chi connectivity index (χ4v) is 1.58. The number of anilines is 1. The van der Waals surface area contributed by atoms with Crippen molar-refractivity contribution in [3.8, 4) is 11.5 Å². The van der Waals surface area contributed by atoms with E-state index in [9.17, 15) is 10.1 Å². The van der Waals surface area contributed by atoms with Crippen molar-refractivity contribution in [1.29, 1.82) is 0 Å². The normalized spacial score (nSPS) is 10.4. The number of nitro groups is 1. The van der Waals surface area contributed by atoms with Crippen molar-refractivity contribution in [2.75, 3.05) is 5.73 Å². The first kappa shape index (κ1) is 12.3. The van der Waals surface area contributed by atoms with Gasteiger partial charge in [0.1, 0.15) is 13.8 Å². The van der Waals surface area contributed by atoms with E-state index in [2.05, 4.69) is 31.1 Å². The minimum atomic E-state index is -1.43. The van der Waals surface area contributed by atoms with Crippen molar-refractivity contribution in [2.24, 2.45) is 0 Å². The Morgan fingerprint density at radius 2 is 2.00 bits per heavy atom. The van der Waals surface area contributed by atoms with Crippen molar-refractivity contribution in [3.05, 3.63) is 33.9 Å². The molecular formula is C11H14N2O2Si. The maximum Gasteiger partial charge on any atom is 0.292 e. The fourth-order valence-electron chi connectivity index (χ4n) is 1.06. The summed E-state index contributed by atoms with van der Waals surface area (Å²) in [5, 5.41) is 10.5. The number of nitro benzene ring substituents is 1. The summed E-state index contributed by atoms with van der Waals surface area (Å²) in [5.41, 5.74) is 9.56. The first-order valence-corrected chi connectivity index (χ1v) is 8.37. The fraction of sp³-hybridized carbons (Fsp3) is 0.273. The molecule has 1 aromatic rings. The summed E-state index contributed by atoms with van der Waals surface area (Å²) in [7, 11) is -1.43. The van der Waals surface area contributed by atoms with E-state index in [1.54, 1.807) is 12.1 Å². The van der Waals surface area contributed by atoms with E-state index in [4.69, 9.17) is 5.73 Å². The summed E-state index contributed by atoms with van der Waals surface area (Å²) in [6, 6.07) is 4.57. The summed E-state index contributed by atoms with van der Waals surface area (Å²) < 4.78 is 0. The Morgan fingerprint density at radius 1 is 1.38 bits per heavy atom. The van der Waals surface area contributed by atoms with Crippen LogP contribution in [0.1, 0.15) is 5.56 Å². The Labute approximate surface area is 95.6 Å². The predicted octanol–water partition coefficient (Wildman–Crippen LogP) is 2.41. The molecule has 0 unspecified atom stereocenters. The molecule has 1 rings (SSSR count). The molecule has 1 aromatic carbocycles. The van der Waals surface area contributed by atoms with Crippen LogP contribution < -0.4 is 5.73 Å². The zero-order valence-corrected chi connectivity index (χ0v) is 10.6. The molecule has 84 valence electrons. The molecule has 0 fully saturated rings. The van der Waals surface area contributed by atoms with Crippen LogP contribution in [0.25, 0.3) is 0 Å². The molecule has 0 bridgehead atoms. The van der Waals surface area contributed by atoms with E-state index < -0.39 is 13.0 Å². The number of nitrogens with two attached hydrogens (primary N) is 1. The minimum Gasteiger partial charge on any atom is -0.393 e. The molecule has 0 radical (unpaired) electrons. The van der Waals surface area contributed by atoms with Gasteiger partial charge in [0.15, 0.2) is 0 Å². The lowest BCUT2D eigenvalue weighted by Crippen LogP contribution is -2.16. The third-order valence-corrected chi connectivity index (χ3v) is 2.68. The molecule has 0 atom stereocenters. The number of rotatable bonds is 1. The quantitative estimate of drug-likeness (QED) is 0.267. The minimum absolute atomic E-state index is 0.0708. The van der Waals surface area contributed by atoms with Crippen molar-refractivity contribution in [3.63, 3.8) is 0 Å². The highest BCUT2D eigenvalue weighted by molar-refractivity contribution is 6.83. The Hall–Kier alpha value is -1.80. The van der Waals surface area contributed by atoms with E-state index in [1.165, 1.54) is 6.07 Å². The second-order valence-corrected chi connectivity index (χ2v) is 9.28. The third kappa shape index (κ3) is 3.40. The Balaban J connectivity index is 3.06. The first-order chi connectivity index (χ1) is 7.29. The summed E-state index contributed by atoms with van der Waals surface area (Å²) in [6.45, 7) is 6.40. The molecule has 0 aliphatic rings. The van der Waals surface area contributed by atoms with Gasteiger partial charge in [-0.3, -0.25) is 10.1 Å². The largest absolute Gasteiger partial charge is 0.393 e. The van der Waals surface area contributed by atoms with Gasteiger partial charge in [-0.05, 0) is 12.1 Å². The van der Waals surface area contributed by atoms with Gasteiger partial charge >= 0.3 is 0 Å². The van der Waals surface area contributed by atoms with Gasteiger partial charge in [0.2, 0.25) is 0 Å². The van der Waals surface area contributed by atoms with E-state index >= 15 is 0 Å². The molecule has 5 heteroatoms. The average Bonchev–Trinajstić information content (AvgIpc) is 2.13. The molecule has 0 spiro atoms. The summed E-state index contributed by atoms with van der Waals surface area (Å²) in [4.78, 5) is 10.1. The smallest absolute Gasteiger partial charge is 0.292 e. The average molecular weight is 234 g/mol. The molecule has 16 heavy (non-hydrogen) atoms. The SMILES string of the molecule is C[Si](C)(C)C#Cc1ccc([N+](=O)[O-])c(N)c1. The highest BCUT2D eigenvalue weighted by atomic mass is 28.3. The predicted molar refractivity (Wildman–Crippen MR) is 67.7 cm³/mol. The number of nitrogen functional groups attached to an aromatic ring is 1. The Kier molecular flexibility index (Phi) is 3.35. The lowest BCUT2D eigenvalue weighted by Gasteiger charge is -2.03. The van der Waals surface area contributed by atoms with Crippen LogP contribution in [-0.2, 0) is 0 Å². The monoisotopic (exact) mass is 234 g/mol. The topological polar surface area (TPSA) is 69.2 Å². The van der Waals surface area contributed by atoms with Crippen LogP contribution in [0.15, 0.2) is 18.2 Å². The van der Waals surface area contributed by atoms with Crippen LogP contribution in [0.3, 0.4) is 0 Å². The molecule has 0 heterocycles. The van der Waals surface area contributed by atoms with Gasteiger partial charge < -0.3 is 5.73 Å². The van der Waals surface area contributed by atoms with E-state index in [-0.39, 0.29) is 11.4 Å². The summed E-state index contributed by atoms with van der Waals surface area (Å²) >= 11 is 0. The van der Waals surface area contributed by atoms with Gasteiger partial charge in [-0.2, -0.15) is 0 Å². The number of hydrogen-bond acceptors (Lipinski definition) is 3. The van der Waals surface area contributed by atoms with Crippen molar-refractivity contribution in [2.45, 2.75) is 19.6 Å². The lowest BCUT2D eigenvalue weighted by atomic mass is 10.2. The standard InChI is InChI=1S/C11H14N2O2Si/c1-16(2,3)7-6-9-4-5-11(13(14)15)10(12)8-9/h4-5,8H,12H2,1-3H3. The second kappa shape index (κ2) is 4.37. The van der Waals surface area contributed by atoms with Crippen molar-refractivity contribution in [1.82, 2.24) is 0 Å². The van der Waals surface area contributed by atoms with Crippen LogP contribution >= 0.6 is 0 Å². The van der Waals surface area contributed by atoms with Crippen LogP contribution in [0.2, 0.25) is 19.6 Å². The highest BCUT2D eigenvalue weighted by Crippen LogP contribution is 2.21. The van der Waals surface area contributed by atoms with Gasteiger partial charge in [-0.15, -0.1) is 5.54 Å². The maximum absolute atomic E-state index is 10.5. The molecule has 2 N–H and O–H groups in total. The molecular weight excluding hydrogens is 220 g/mol. The van der Waals surface area contributed by atoms with Gasteiger partial charge in [0, 0.05) is 11.6 Å². The van der Waals surface area contributed by atoms with Gasteiger partial charge in [-0.1, -0.05) is 25.6 Å². The zero-order chi connectivity index (χ0) is 12.3. The molecule has 0 aliphatic carbocycles. The molecule has 0 amide bonds. The van der Waals surface area contributed by atoms with Crippen molar-refractivity contribution < 1.29 is 4.92 Å². The molecule has 4 nitrogen and oxygen atoms in total. The van der Waals surface area contributed by atoms with Crippen LogP contribution in [0.4, 0.5) is 11.4 Å². The van der Waals surface area contributed by atoms with Gasteiger partial charge in [0.05, 0.1) is 4.92 Å². The molecule has 0 aromatic heterocycles. The molecule has 0 saturated carbocycles. The number of nitrogens with zero attached hydrogens (tertiary/aromatic N) is 1. The van der Waals surface area contributed by atoms with E-state index in [0.29, 0.717) is 0 Å². The highest BCUT2D eigenvalue weighted by Gasteiger charge is 2.11. The summed E-state index contributed by atoms with van der Waals surface area (Å²) in [5.74, 6) is 3.00. The number of benzene rings is 1. The lowest BCUT2D eigenvalue weighted by molar-refractivity contribution is -0.383. The third-order valence-electron chi connectivity index (χ3n) is 1.81. The van der Waals surface area contributed by atoms with Crippen LogP contribution in [-0.4, -0.2) is 13.0 Å². The van der Waals surface area contributed by atoms with Gasteiger partial charge in [0.25, 0.3) is 5.69 Å². The number of hydrogen-bond donors (Lipinski definition) is 1. The Morgan fingerprint density at radius 3 is 2.44 bits per heavy atom. The molecule has 0 saturated heterocycles. The van der Waals surface area contributed by atoms with Crippen LogP contribution in [0, 0.1) is 21.6 Å². The van der Waals surface area contributed by atoms with Crippen LogP contribution in [0.5, 0.6) is 0 Å². The maximum atomic E-state index is 10.5. The van der Waals surface area contributed by atoms with Crippen molar-refractivity contribution >= 4 is 19.4 Å².